The van der Waals surface area contributed by atoms with Crippen molar-refractivity contribution in [3.05, 3.63) is 137 Å². The van der Waals surface area contributed by atoms with E-state index in [0.717, 1.165) is 29.0 Å². The third-order valence-electron chi connectivity index (χ3n) is 7.33. The van der Waals surface area contributed by atoms with Gasteiger partial charge in [0.25, 0.3) is 0 Å². The van der Waals surface area contributed by atoms with E-state index in [2.05, 4.69) is 71.8 Å². The molecule has 1 aliphatic carbocycles. The minimum absolute atomic E-state index is 0.242. The topological polar surface area (TPSA) is 33.6 Å². The largest absolute Gasteiger partial charge is 0.489 e. The molecule has 1 N–H and O–H groups in total. The van der Waals surface area contributed by atoms with Crippen LogP contribution < -0.4 is 10.1 Å². The molecule has 3 atom stereocenters. The summed E-state index contributed by atoms with van der Waals surface area (Å²) < 4.78 is 18.8. The van der Waals surface area contributed by atoms with Gasteiger partial charge in [0.2, 0.25) is 0 Å². The Labute approximate surface area is 217 Å². The molecule has 0 radical (unpaired) electrons. The Morgan fingerprint density at radius 3 is 2.51 bits per heavy atom. The number of anilines is 1. The van der Waals surface area contributed by atoms with E-state index in [-0.39, 0.29) is 11.9 Å². The van der Waals surface area contributed by atoms with E-state index in [1.54, 1.807) is 12.1 Å². The maximum atomic E-state index is 13.0. The monoisotopic (exact) mass is 488 g/mol. The zero-order chi connectivity index (χ0) is 25.2. The third kappa shape index (κ3) is 5.05. The number of ether oxygens (including phenoxy) is 1. The number of allylic oxidation sites excluding steroid dienone is 2. The lowest BCUT2D eigenvalue weighted by atomic mass is 9.76. The van der Waals surface area contributed by atoms with E-state index in [1.807, 2.05) is 30.5 Å². The maximum Gasteiger partial charge on any atom is 0.123 e. The first-order valence-electron chi connectivity index (χ1n) is 12.8. The predicted molar refractivity (Wildman–Crippen MR) is 148 cm³/mol. The minimum Gasteiger partial charge on any atom is -0.489 e. The van der Waals surface area contributed by atoms with Crippen molar-refractivity contribution in [2.45, 2.75) is 31.9 Å². The van der Waals surface area contributed by atoms with E-state index >= 15 is 0 Å². The molecule has 0 saturated carbocycles. The van der Waals surface area contributed by atoms with Crippen molar-refractivity contribution in [3.8, 4) is 5.75 Å². The lowest BCUT2D eigenvalue weighted by Crippen LogP contribution is -2.29. The Hall–Kier alpha value is -4.18. The van der Waals surface area contributed by atoms with Crippen LogP contribution in [-0.2, 0) is 6.61 Å². The molecular formula is C33H29FN2O. The van der Waals surface area contributed by atoms with Crippen LogP contribution in [0.1, 0.15) is 46.2 Å². The van der Waals surface area contributed by atoms with Crippen molar-refractivity contribution in [1.29, 1.82) is 0 Å². The summed E-state index contributed by atoms with van der Waals surface area (Å²) in [6.45, 7) is 2.57. The molecule has 3 nitrogen and oxygen atoms in total. The first-order chi connectivity index (χ1) is 18.1. The molecule has 1 aliphatic heterocycles. The van der Waals surface area contributed by atoms with Gasteiger partial charge < -0.3 is 10.1 Å². The second-order valence-corrected chi connectivity index (χ2v) is 9.90. The van der Waals surface area contributed by atoms with Crippen LogP contribution in [-0.4, -0.2) is 6.21 Å². The third-order valence-corrected chi connectivity index (χ3v) is 7.33. The molecule has 0 bridgehead atoms. The molecule has 4 heteroatoms. The summed E-state index contributed by atoms with van der Waals surface area (Å²) in [7, 11) is 0. The number of halogens is 1. The quantitative estimate of drug-likeness (QED) is 0.219. The average molecular weight is 489 g/mol. The van der Waals surface area contributed by atoms with E-state index in [0.29, 0.717) is 18.4 Å². The van der Waals surface area contributed by atoms with Gasteiger partial charge in [-0.05, 0) is 96.1 Å². The Morgan fingerprint density at radius 1 is 0.946 bits per heavy atom. The summed E-state index contributed by atoms with van der Waals surface area (Å²) in [6.07, 6.45) is 7.68. The van der Waals surface area contributed by atoms with E-state index in [1.165, 1.54) is 34.5 Å². The molecule has 4 aromatic rings. The van der Waals surface area contributed by atoms with E-state index in [4.69, 9.17) is 4.74 Å². The Morgan fingerprint density at radius 2 is 1.73 bits per heavy atom. The zero-order valence-corrected chi connectivity index (χ0v) is 20.8. The van der Waals surface area contributed by atoms with Gasteiger partial charge in [-0.3, -0.25) is 4.99 Å². The summed E-state index contributed by atoms with van der Waals surface area (Å²) in [5.41, 5.74) is 8.13. The van der Waals surface area contributed by atoms with Gasteiger partial charge in [0.15, 0.2) is 0 Å². The fraction of sp³-hybridized carbons (Fsp3) is 0.182. The Balaban J connectivity index is 1.10. The zero-order valence-electron chi connectivity index (χ0n) is 20.8. The molecule has 0 amide bonds. The van der Waals surface area contributed by atoms with Crippen molar-refractivity contribution in [2.75, 3.05) is 5.32 Å². The SMILES string of the molecule is Cc1ccc2c(c1)[C@@H]1C=CC[C@@H]1[C@H](c1ccc(N=Cc3ccc(OCc4ccc(F)cc4)cc3)cc1)N2. The maximum absolute atomic E-state index is 13.0. The number of rotatable bonds is 6. The number of hydrogen-bond acceptors (Lipinski definition) is 3. The predicted octanol–water partition coefficient (Wildman–Crippen LogP) is 8.29. The Bertz CT molecular complexity index is 1440. The fourth-order valence-corrected chi connectivity index (χ4v) is 5.36. The first kappa shape index (κ1) is 23.2. The van der Waals surface area contributed by atoms with Crippen molar-refractivity contribution in [1.82, 2.24) is 0 Å². The summed E-state index contributed by atoms with van der Waals surface area (Å²) in [6, 6.07) is 29.8. The highest BCUT2D eigenvalue weighted by Crippen LogP contribution is 2.50. The molecule has 37 heavy (non-hydrogen) atoms. The van der Waals surface area contributed by atoms with Crippen LogP contribution in [0.3, 0.4) is 0 Å². The lowest BCUT2D eigenvalue weighted by Gasteiger charge is -2.37. The highest BCUT2D eigenvalue weighted by atomic mass is 19.1. The number of aryl methyl sites for hydroxylation is 1. The molecule has 4 aromatic carbocycles. The normalized spacial score (nSPS) is 19.9. The van der Waals surface area contributed by atoms with Crippen LogP contribution in [0.5, 0.6) is 5.75 Å². The van der Waals surface area contributed by atoms with Gasteiger partial charge in [0.1, 0.15) is 18.2 Å². The van der Waals surface area contributed by atoms with Gasteiger partial charge in [-0.2, -0.15) is 0 Å². The highest BCUT2D eigenvalue weighted by molar-refractivity contribution is 5.82. The van der Waals surface area contributed by atoms with Gasteiger partial charge in [0.05, 0.1) is 11.7 Å². The summed E-state index contributed by atoms with van der Waals surface area (Å²) in [5, 5.41) is 3.81. The summed E-state index contributed by atoms with van der Waals surface area (Å²) in [4.78, 5) is 4.67. The van der Waals surface area contributed by atoms with Gasteiger partial charge in [-0.25, -0.2) is 4.39 Å². The van der Waals surface area contributed by atoms with Crippen molar-refractivity contribution < 1.29 is 9.13 Å². The second-order valence-electron chi connectivity index (χ2n) is 9.90. The van der Waals surface area contributed by atoms with Crippen LogP contribution in [0.15, 0.2) is 108 Å². The molecule has 0 aromatic heterocycles. The first-order valence-corrected chi connectivity index (χ1v) is 12.8. The van der Waals surface area contributed by atoms with Gasteiger partial charge in [-0.1, -0.05) is 54.1 Å². The molecular weight excluding hydrogens is 459 g/mol. The molecule has 6 rings (SSSR count). The average Bonchev–Trinajstić information content (AvgIpc) is 3.43. The minimum atomic E-state index is -0.242. The molecule has 1 heterocycles. The molecule has 0 unspecified atom stereocenters. The van der Waals surface area contributed by atoms with Crippen LogP contribution in [0, 0.1) is 18.7 Å². The van der Waals surface area contributed by atoms with E-state index in [9.17, 15) is 4.39 Å². The van der Waals surface area contributed by atoms with Crippen LogP contribution in [0.4, 0.5) is 15.8 Å². The molecule has 0 spiro atoms. The van der Waals surface area contributed by atoms with Crippen LogP contribution >= 0.6 is 0 Å². The number of aliphatic imine (C=N–C) groups is 1. The summed E-state index contributed by atoms with van der Waals surface area (Å²) >= 11 is 0. The van der Waals surface area contributed by atoms with Crippen LogP contribution in [0.25, 0.3) is 0 Å². The fourth-order valence-electron chi connectivity index (χ4n) is 5.36. The number of nitrogens with one attached hydrogen (secondary N) is 1. The summed E-state index contributed by atoms with van der Waals surface area (Å²) in [5.74, 6) is 1.53. The smallest absolute Gasteiger partial charge is 0.123 e. The molecule has 184 valence electrons. The van der Waals surface area contributed by atoms with Crippen LogP contribution in [0.2, 0.25) is 0 Å². The van der Waals surface area contributed by atoms with Crippen molar-refractivity contribution >= 4 is 17.6 Å². The number of nitrogens with zero attached hydrogens (tertiary/aromatic N) is 1. The molecule has 0 fully saturated rings. The second kappa shape index (κ2) is 10.1. The number of fused-ring (bicyclic) bond motifs is 3. The van der Waals surface area contributed by atoms with Crippen molar-refractivity contribution in [2.24, 2.45) is 10.9 Å². The highest BCUT2D eigenvalue weighted by Gasteiger charge is 2.37. The van der Waals surface area contributed by atoms with E-state index < -0.39 is 0 Å². The van der Waals surface area contributed by atoms with Gasteiger partial charge >= 0.3 is 0 Å². The number of benzene rings is 4. The number of hydrogen-bond donors (Lipinski definition) is 1. The molecule has 2 aliphatic rings. The molecule has 0 saturated heterocycles. The van der Waals surface area contributed by atoms with Crippen molar-refractivity contribution in [3.63, 3.8) is 0 Å². The standard InChI is InChI=1S/C33H29FN2O/c1-22-5-18-32-31(19-22)29-3-2-4-30(29)33(36-32)25-10-14-27(15-11-25)35-20-23-8-16-28(17-9-23)37-21-24-6-12-26(34)13-7-24/h2-3,5-20,29-30,33,36H,4,21H2,1H3/t29-,30+,33+/m1/s1. The lowest BCUT2D eigenvalue weighted by molar-refractivity contribution is 0.306. The van der Waals surface area contributed by atoms with Gasteiger partial charge in [-0.15, -0.1) is 0 Å². The van der Waals surface area contributed by atoms with Gasteiger partial charge in [0, 0.05) is 17.8 Å². The Kier molecular flexibility index (Phi) is 6.32.